The predicted octanol–water partition coefficient (Wildman–Crippen LogP) is 3.51. The average Bonchev–Trinajstić information content (AvgIpc) is 3.01. The Kier molecular flexibility index (Phi) is 4.30. The number of para-hydroxylation sites is 2. The van der Waals surface area contributed by atoms with Crippen LogP contribution in [0.5, 0.6) is 0 Å². The Labute approximate surface area is 155 Å². The Morgan fingerprint density at radius 1 is 0.923 bits per heavy atom. The number of aromatic nitrogens is 5. The van der Waals surface area contributed by atoms with E-state index in [9.17, 15) is 0 Å². The van der Waals surface area contributed by atoms with Crippen LogP contribution in [0.25, 0.3) is 22.4 Å². The number of thioether (sulfide) groups is 1. The van der Waals surface area contributed by atoms with Crippen molar-refractivity contribution in [2.75, 3.05) is 5.84 Å². The molecule has 7 heteroatoms. The molecule has 26 heavy (non-hydrogen) atoms. The Balaban J connectivity index is 1.57. The van der Waals surface area contributed by atoms with Crippen molar-refractivity contribution in [3.63, 3.8) is 0 Å². The van der Waals surface area contributed by atoms with Crippen LogP contribution in [-0.2, 0) is 5.75 Å². The fraction of sp³-hybridized carbons (Fsp3) is 0.158. The van der Waals surface area contributed by atoms with E-state index in [2.05, 4.69) is 15.2 Å². The fourth-order valence-corrected chi connectivity index (χ4v) is 3.53. The van der Waals surface area contributed by atoms with E-state index in [0.717, 1.165) is 28.0 Å². The molecule has 0 amide bonds. The maximum atomic E-state index is 6.20. The van der Waals surface area contributed by atoms with Crippen LogP contribution in [0.2, 0.25) is 0 Å². The number of rotatable bonds is 4. The summed E-state index contributed by atoms with van der Waals surface area (Å²) in [6.45, 7) is 4.02. The number of benzene rings is 2. The number of aryl methyl sites for hydroxylation is 2. The lowest BCUT2D eigenvalue weighted by molar-refractivity contribution is 0.848. The van der Waals surface area contributed by atoms with Gasteiger partial charge in [0.1, 0.15) is 0 Å². The first-order valence-corrected chi connectivity index (χ1v) is 9.23. The zero-order valence-electron chi connectivity index (χ0n) is 14.5. The van der Waals surface area contributed by atoms with Gasteiger partial charge in [0, 0.05) is 11.3 Å². The van der Waals surface area contributed by atoms with Gasteiger partial charge < -0.3 is 5.84 Å². The van der Waals surface area contributed by atoms with E-state index in [1.165, 1.54) is 22.0 Å². The summed E-state index contributed by atoms with van der Waals surface area (Å²) in [5.74, 6) is 7.48. The van der Waals surface area contributed by atoms with E-state index in [1.807, 2.05) is 62.4 Å². The minimum atomic E-state index is 0.632. The van der Waals surface area contributed by atoms with Crippen LogP contribution in [-0.4, -0.2) is 24.8 Å². The maximum Gasteiger partial charge on any atom is 0.210 e. The highest BCUT2D eigenvalue weighted by molar-refractivity contribution is 7.98. The van der Waals surface area contributed by atoms with Crippen molar-refractivity contribution in [1.29, 1.82) is 0 Å². The molecule has 130 valence electrons. The van der Waals surface area contributed by atoms with Crippen LogP contribution >= 0.6 is 11.8 Å². The summed E-state index contributed by atoms with van der Waals surface area (Å²) < 4.78 is 1.53. The van der Waals surface area contributed by atoms with Crippen molar-refractivity contribution in [1.82, 2.24) is 24.8 Å². The van der Waals surface area contributed by atoms with Crippen molar-refractivity contribution >= 4 is 22.8 Å². The smallest absolute Gasteiger partial charge is 0.210 e. The van der Waals surface area contributed by atoms with Gasteiger partial charge in [0.2, 0.25) is 5.16 Å². The molecule has 0 aliphatic carbocycles. The van der Waals surface area contributed by atoms with E-state index in [0.29, 0.717) is 16.7 Å². The van der Waals surface area contributed by atoms with Gasteiger partial charge in [-0.2, -0.15) is 0 Å². The van der Waals surface area contributed by atoms with Crippen LogP contribution in [0, 0.1) is 13.8 Å². The average molecular weight is 362 g/mol. The SMILES string of the molecule is Cc1ccc(-c2nnc(SCc3nc4ccccc4nc3C)n2N)cc1. The van der Waals surface area contributed by atoms with Crippen molar-refractivity contribution in [2.45, 2.75) is 24.8 Å². The van der Waals surface area contributed by atoms with Gasteiger partial charge in [-0.25, -0.2) is 14.6 Å². The second-order valence-corrected chi connectivity index (χ2v) is 7.02. The van der Waals surface area contributed by atoms with Gasteiger partial charge >= 0.3 is 0 Å². The lowest BCUT2D eigenvalue weighted by Gasteiger charge is -2.07. The Hall–Kier alpha value is -2.93. The third kappa shape index (κ3) is 3.13. The van der Waals surface area contributed by atoms with Crippen LogP contribution in [0.3, 0.4) is 0 Å². The minimum absolute atomic E-state index is 0.632. The number of hydrogen-bond acceptors (Lipinski definition) is 6. The van der Waals surface area contributed by atoms with Gasteiger partial charge in [-0.15, -0.1) is 10.2 Å². The van der Waals surface area contributed by atoms with Gasteiger partial charge in [-0.05, 0) is 26.0 Å². The number of nitrogen functional groups attached to an aromatic ring is 1. The van der Waals surface area contributed by atoms with Gasteiger partial charge in [0.15, 0.2) is 5.82 Å². The van der Waals surface area contributed by atoms with Gasteiger partial charge in [-0.3, -0.25) is 0 Å². The molecular weight excluding hydrogens is 344 g/mol. The highest BCUT2D eigenvalue weighted by Gasteiger charge is 2.13. The summed E-state index contributed by atoms with van der Waals surface area (Å²) in [7, 11) is 0. The number of nitrogens with zero attached hydrogens (tertiary/aromatic N) is 5. The molecule has 4 rings (SSSR count). The van der Waals surface area contributed by atoms with Crippen LogP contribution in [0.15, 0.2) is 53.7 Å². The first-order valence-electron chi connectivity index (χ1n) is 8.24. The molecule has 0 aliphatic heterocycles. The van der Waals surface area contributed by atoms with Gasteiger partial charge in [-0.1, -0.05) is 53.7 Å². The molecule has 6 nitrogen and oxygen atoms in total. The third-order valence-corrected chi connectivity index (χ3v) is 5.11. The summed E-state index contributed by atoms with van der Waals surface area (Å²) in [6.07, 6.45) is 0. The number of nitrogens with two attached hydrogens (primary N) is 1. The fourth-order valence-electron chi connectivity index (χ4n) is 2.67. The Morgan fingerprint density at radius 3 is 2.35 bits per heavy atom. The van der Waals surface area contributed by atoms with Gasteiger partial charge in [0.25, 0.3) is 0 Å². The summed E-state index contributed by atoms with van der Waals surface area (Å²) in [6, 6.07) is 15.9. The monoisotopic (exact) mass is 362 g/mol. The zero-order chi connectivity index (χ0) is 18.1. The van der Waals surface area contributed by atoms with E-state index in [1.54, 1.807) is 0 Å². The summed E-state index contributed by atoms with van der Waals surface area (Å²) in [5.41, 5.74) is 5.77. The third-order valence-electron chi connectivity index (χ3n) is 4.16. The molecule has 0 radical (unpaired) electrons. The Bertz CT molecular complexity index is 1070. The molecule has 4 aromatic rings. The molecule has 0 saturated carbocycles. The molecule has 0 fully saturated rings. The second kappa shape index (κ2) is 6.76. The summed E-state index contributed by atoms with van der Waals surface area (Å²) in [5, 5.41) is 9.10. The first-order chi connectivity index (χ1) is 12.6. The quantitative estimate of drug-likeness (QED) is 0.442. The van der Waals surface area contributed by atoms with Gasteiger partial charge in [0.05, 0.1) is 22.4 Å². The first kappa shape index (κ1) is 16.5. The van der Waals surface area contributed by atoms with E-state index in [-0.39, 0.29) is 0 Å². The molecule has 2 heterocycles. The second-order valence-electron chi connectivity index (χ2n) is 6.08. The highest BCUT2D eigenvalue weighted by atomic mass is 32.2. The maximum absolute atomic E-state index is 6.20. The van der Waals surface area contributed by atoms with Crippen molar-refractivity contribution < 1.29 is 0 Å². The van der Waals surface area contributed by atoms with Crippen molar-refractivity contribution in [2.24, 2.45) is 0 Å². The lowest BCUT2D eigenvalue weighted by Crippen LogP contribution is -2.11. The predicted molar refractivity (Wildman–Crippen MR) is 104 cm³/mol. The van der Waals surface area contributed by atoms with E-state index in [4.69, 9.17) is 10.8 Å². The standard InChI is InChI=1S/C19H18N6S/c1-12-7-9-14(10-8-12)18-23-24-19(25(18)20)26-11-17-13(2)21-15-5-3-4-6-16(15)22-17/h3-10H,11,20H2,1-2H3. The summed E-state index contributed by atoms with van der Waals surface area (Å²) in [4.78, 5) is 9.33. The largest absolute Gasteiger partial charge is 0.335 e. The lowest BCUT2D eigenvalue weighted by atomic mass is 10.1. The Morgan fingerprint density at radius 2 is 1.62 bits per heavy atom. The minimum Gasteiger partial charge on any atom is -0.335 e. The van der Waals surface area contributed by atoms with E-state index < -0.39 is 0 Å². The molecule has 0 aliphatic rings. The molecular formula is C19H18N6S. The van der Waals surface area contributed by atoms with Crippen molar-refractivity contribution in [3.05, 3.63) is 65.5 Å². The van der Waals surface area contributed by atoms with Crippen molar-refractivity contribution in [3.8, 4) is 11.4 Å². The molecule has 0 unspecified atom stereocenters. The van der Waals surface area contributed by atoms with E-state index >= 15 is 0 Å². The van der Waals surface area contributed by atoms with Crippen LogP contribution in [0.1, 0.15) is 17.0 Å². The molecule has 2 N–H and O–H groups in total. The summed E-state index contributed by atoms with van der Waals surface area (Å²) >= 11 is 1.50. The van der Waals surface area contributed by atoms with Crippen LogP contribution in [0.4, 0.5) is 0 Å². The molecule has 0 bridgehead atoms. The molecule has 0 atom stereocenters. The molecule has 0 saturated heterocycles. The topological polar surface area (TPSA) is 82.5 Å². The van der Waals surface area contributed by atoms with Crippen LogP contribution < -0.4 is 5.84 Å². The molecule has 0 spiro atoms. The normalized spacial score (nSPS) is 11.2. The number of hydrogen-bond donors (Lipinski definition) is 1. The number of fused-ring (bicyclic) bond motifs is 1. The molecule has 2 aromatic carbocycles. The highest BCUT2D eigenvalue weighted by Crippen LogP contribution is 2.25. The molecule has 2 aromatic heterocycles. The zero-order valence-corrected chi connectivity index (χ0v) is 15.4.